The number of amidine groups is 3. The minimum absolute atomic E-state index is 0.00105. The lowest BCUT2D eigenvalue weighted by atomic mass is 9.92. The average Bonchev–Trinajstić information content (AvgIpc) is 3.32. The van der Waals surface area contributed by atoms with Gasteiger partial charge in [-0.05, 0) is 217 Å². The number of oxime groups is 1. The minimum atomic E-state index is -0.641. The number of nitrogens with one attached hydrogen (secondary N) is 4. The smallest absolute Gasteiger partial charge is 0.413 e. The van der Waals surface area contributed by atoms with Crippen LogP contribution in [0.5, 0.6) is 17.2 Å². The molecule has 0 spiro atoms. The number of carbonyl (C=O) groups is 2. The SMILES string of the molecule is CC(C)(C)OC(=O)NC(=N)c1ccc(OCCCC2CCN(CCCO)CC2)cc1.CC(C)(C)OC(=O)NC(=N)c1ccc(OCCCC2CCN(CCCOc3ccc(/C(N)=N\O)cc3)CC2)cc1. The first-order valence-electron chi connectivity index (χ1n) is 24.8. The number of ether oxygens (including phenoxy) is 5. The summed E-state index contributed by atoms with van der Waals surface area (Å²) in [6.45, 7) is 19.5. The summed E-state index contributed by atoms with van der Waals surface area (Å²) in [5.74, 6) is 3.87. The van der Waals surface area contributed by atoms with Gasteiger partial charge in [-0.3, -0.25) is 21.5 Å². The van der Waals surface area contributed by atoms with E-state index < -0.39 is 23.4 Å². The number of alkyl carbamates (subject to hydrolysis) is 2. The van der Waals surface area contributed by atoms with Crippen molar-refractivity contribution in [1.29, 1.82) is 10.8 Å². The Hall–Kier alpha value is -5.91. The summed E-state index contributed by atoms with van der Waals surface area (Å²) < 4.78 is 27.9. The van der Waals surface area contributed by atoms with Gasteiger partial charge in [0.15, 0.2) is 5.84 Å². The van der Waals surface area contributed by atoms with Crippen molar-refractivity contribution in [1.82, 2.24) is 20.4 Å². The molecule has 0 atom stereocenters. The number of hydrogen-bond acceptors (Lipinski definition) is 14. The summed E-state index contributed by atoms with van der Waals surface area (Å²) >= 11 is 0. The van der Waals surface area contributed by atoms with Crippen LogP contribution in [0.15, 0.2) is 78.0 Å². The van der Waals surface area contributed by atoms with E-state index in [1.165, 1.54) is 32.1 Å². The molecule has 386 valence electrons. The van der Waals surface area contributed by atoms with Gasteiger partial charge in [-0.1, -0.05) is 5.16 Å². The van der Waals surface area contributed by atoms with Crippen LogP contribution >= 0.6 is 0 Å². The Morgan fingerprint density at radius 3 is 1.29 bits per heavy atom. The van der Waals surface area contributed by atoms with E-state index in [2.05, 4.69) is 25.6 Å². The fourth-order valence-corrected chi connectivity index (χ4v) is 8.06. The van der Waals surface area contributed by atoms with Gasteiger partial charge >= 0.3 is 12.2 Å². The molecule has 17 heteroatoms. The van der Waals surface area contributed by atoms with Crippen LogP contribution in [0.1, 0.15) is 122 Å². The van der Waals surface area contributed by atoms with Gasteiger partial charge < -0.3 is 49.5 Å². The Morgan fingerprint density at radius 1 is 0.600 bits per heavy atom. The summed E-state index contributed by atoms with van der Waals surface area (Å²) in [6, 6.07) is 21.5. The molecule has 0 saturated carbocycles. The van der Waals surface area contributed by atoms with Gasteiger partial charge in [0.05, 0.1) is 19.8 Å². The van der Waals surface area contributed by atoms with Crippen LogP contribution in [0.4, 0.5) is 9.59 Å². The van der Waals surface area contributed by atoms with Gasteiger partial charge in [0.2, 0.25) is 0 Å². The zero-order valence-corrected chi connectivity index (χ0v) is 42.4. The summed E-state index contributed by atoms with van der Waals surface area (Å²) in [6.07, 6.45) is 9.80. The molecule has 2 heterocycles. The molecule has 0 aliphatic carbocycles. The maximum absolute atomic E-state index is 11.9. The van der Waals surface area contributed by atoms with Gasteiger partial charge in [0.25, 0.3) is 0 Å². The van der Waals surface area contributed by atoms with E-state index in [0.717, 1.165) is 100 Å². The molecule has 3 aromatic rings. The van der Waals surface area contributed by atoms with E-state index in [1.807, 2.05) is 36.4 Å². The Balaban J connectivity index is 0.000000318. The molecule has 17 nitrogen and oxygen atoms in total. The number of nitrogens with zero attached hydrogens (tertiary/aromatic N) is 3. The lowest BCUT2D eigenvalue weighted by molar-refractivity contribution is 0.0551. The fourth-order valence-electron chi connectivity index (χ4n) is 8.06. The third-order valence-corrected chi connectivity index (χ3v) is 11.8. The quantitative estimate of drug-likeness (QED) is 0.0174. The van der Waals surface area contributed by atoms with E-state index in [4.69, 9.17) is 50.6 Å². The third-order valence-electron chi connectivity index (χ3n) is 11.8. The number of benzene rings is 3. The van der Waals surface area contributed by atoms with E-state index in [-0.39, 0.29) is 24.1 Å². The number of hydrogen-bond donors (Lipinski definition) is 7. The molecule has 0 radical (unpaired) electrons. The molecule has 2 aliphatic heterocycles. The van der Waals surface area contributed by atoms with Crippen LogP contribution in [-0.4, -0.2) is 127 Å². The van der Waals surface area contributed by atoms with Crippen molar-refractivity contribution in [3.8, 4) is 17.2 Å². The maximum atomic E-state index is 11.9. The van der Waals surface area contributed by atoms with E-state index in [0.29, 0.717) is 36.5 Å². The van der Waals surface area contributed by atoms with E-state index >= 15 is 0 Å². The number of nitrogens with two attached hydrogens (primary N) is 1. The lowest BCUT2D eigenvalue weighted by Gasteiger charge is -2.32. The largest absolute Gasteiger partial charge is 0.494 e. The molecule has 2 saturated heterocycles. The van der Waals surface area contributed by atoms with Crippen LogP contribution in [0.2, 0.25) is 0 Å². The highest BCUT2D eigenvalue weighted by atomic mass is 16.6. The highest BCUT2D eigenvalue weighted by Gasteiger charge is 2.21. The Morgan fingerprint density at radius 2 is 0.943 bits per heavy atom. The molecule has 5 rings (SSSR count). The van der Waals surface area contributed by atoms with Gasteiger partial charge in [-0.15, -0.1) is 0 Å². The Labute approximate surface area is 415 Å². The molecular formula is C53H80N8O9. The van der Waals surface area contributed by atoms with Crippen molar-refractivity contribution in [2.24, 2.45) is 22.7 Å². The van der Waals surface area contributed by atoms with Crippen molar-refractivity contribution in [2.45, 2.75) is 117 Å². The number of aliphatic hydroxyl groups is 1. The second kappa shape index (κ2) is 29.3. The van der Waals surface area contributed by atoms with E-state index in [9.17, 15) is 9.59 Å². The summed E-state index contributed by atoms with van der Waals surface area (Å²) in [4.78, 5) is 28.6. The molecule has 70 heavy (non-hydrogen) atoms. The number of rotatable bonds is 21. The van der Waals surface area contributed by atoms with E-state index in [1.54, 1.807) is 77.9 Å². The molecular weight excluding hydrogens is 893 g/mol. The normalized spacial score (nSPS) is 15.2. The van der Waals surface area contributed by atoms with Gasteiger partial charge in [0.1, 0.15) is 40.1 Å². The Bertz CT molecular complexity index is 2050. The molecule has 3 aromatic carbocycles. The van der Waals surface area contributed by atoms with Crippen LogP contribution < -0.4 is 30.6 Å². The van der Waals surface area contributed by atoms with Crippen LogP contribution in [0.25, 0.3) is 0 Å². The molecule has 2 aliphatic rings. The first-order chi connectivity index (χ1) is 33.4. The number of aliphatic hydroxyl groups excluding tert-OH is 1. The van der Waals surface area contributed by atoms with Gasteiger partial charge in [-0.2, -0.15) is 0 Å². The number of amides is 2. The molecule has 0 bridgehead atoms. The van der Waals surface area contributed by atoms with Gasteiger partial charge in [0, 0.05) is 36.4 Å². The number of carbonyl (C=O) groups excluding carboxylic acids is 2. The molecule has 0 unspecified atom stereocenters. The third kappa shape index (κ3) is 22.7. The lowest BCUT2D eigenvalue weighted by Crippen LogP contribution is -2.36. The predicted molar refractivity (Wildman–Crippen MR) is 274 cm³/mol. The molecule has 2 amide bonds. The maximum Gasteiger partial charge on any atom is 0.413 e. The van der Waals surface area contributed by atoms with Crippen molar-refractivity contribution in [3.63, 3.8) is 0 Å². The Kier molecular flexibility index (Phi) is 23.7. The zero-order chi connectivity index (χ0) is 50.9. The second-order valence-corrected chi connectivity index (χ2v) is 19.9. The number of likely N-dealkylation sites (tertiary alicyclic amines) is 2. The average molecular weight is 973 g/mol. The second-order valence-electron chi connectivity index (χ2n) is 19.9. The zero-order valence-electron chi connectivity index (χ0n) is 42.4. The van der Waals surface area contributed by atoms with Gasteiger partial charge in [-0.25, -0.2) is 9.59 Å². The molecule has 0 aromatic heterocycles. The van der Waals surface area contributed by atoms with Crippen LogP contribution in [-0.2, 0) is 9.47 Å². The summed E-state index contributed by atoms with van der Waals surface area (Å²) in [5.41, 5.74) is 6.22. The van der Waals surface area contributed by atoms with Crippen LogP contribution in [0, 0.1) is 22.7 Å². The molecule has 8 N–H and O–H groups in total. The van der Waals surface area contributed by atoms with Crippen molar-refractivity contribution >= 4 is 29.7 Å². The number of piperidine rings is 2. The fraction of sp³-hybridized carbons (Fsp3) is 0.566. The topological polar surface area (TPSA) is 237 Å². The standard InChI is InChI=1S/C30H43N5O5.C23H37N3O4/c1-30(2,3)40-29(36)33-27(31)23-7-11-25(12-8-23)38-20-4-6-22-15-18-35(19-16-22)17-5-21-39-26-13-9-24(10-14-26)28(32)34-37;1-23(2,3)30-22(28)25-21(24)19-7-9-20(10-8-19)29-17-4-6-18-11-14-26(15-12-18)13-5-16-27/h7-14,22,37H,4-6,15-21H2,1-3H3,(H2,32,34)(H2,31,33,36);7-10,18,27H,4-6,11-17H2,1-3H3,(H2,24,25,28). The van der Waals surface area contributed by atoms with Crippen molar-refractivity contribution < 1.29 is 43.6 Å². The van der Waals surface area contributed by atoms with Crippen molar-refractivity contribution in [2.75, 3.05) is 65.7 Å². The first kappa shape index (κ1) is 56.7. The highest BCUT2D eigenvalue weighted by Crippen LogP contribution is 2.24. The summed E-state index contributed by atoms with van der Waals surface area (Å²) in [5, 5.41) is 41.6. The van der Waals surface area contributed by atoms with Crippen LogP contribution in [0.3, 0.4) is 0 Å². The molecule has 2 fully saturated rings. The minimum Gasteiger partial charge on any atom is -0.494 e. The summed E-state index contributed by atoms with van der Waals surface area (Å²) in [7, 11) is 0. The first-order valence-corrected chi connectivity index (χ1v) is 24.8. The monoisotopic (exact) mass is 973 g/mol. The highest BCUT2D eigenvalue weighted by molar-refractivity contribution is 6.05. The van der Waals surface area contributed by atoms with Crippen molar-refractivity contribution in [3.05, 3.63) is 89.5 Å². The predicted octanol–water partition coefficient (Wildman–Crippen LogP) is 8.76.